The predicted molar refractivity (Wildman–Crippen MR) is 106 cm³/mol. The first-order valence-electron chi connectivity index (χ1n) is 8.85. The van der Waals surface area contributed by atoms with Gasteiger partial charge in [0.25, 0.3) is 0 Å². The van der Waals surface area contributed by atoms with Crippen molar-refractivity contribution in [1.29, 1.82) is 0 Å². The van der Waals surface area contributed by atoms with E-state index in [1.807, 2.05) is 24.3 Å². The summed E-state index contributed by atoms with van der Waals surface area (Å²) in [6.45, 7) is 0. The maximum atomic E-state index is 13.1. The molecule has 0 radical (unpaired) electrons. The fourth-order valence-electron chi connectivity index (χ4n) is 3.36. The molecule has 3 nitrogen and oxygen atoms in total. The molecule has 1 aliphatic rings. The molecule has 3 aromatic carbocycles. The standard InChI is InChI=1S/C23H16F3NO2/c1-29-17-6-4-5-16(13-17)27-21-18-7-2-3-8-19(18)22(28)20(21)14-9-11-15(12-10-14)23(24,25)26/h2-13,27H,1H3. The van der Waals surface area contributed by atoms with Gasteiger partial charge in [-0.25, -0.2) is 0 Å². The van der Waals surface area contributed by atoms with Gasteiger partial charge in [0.1, 0.15) is 5.75 Å². The Hall–Kier alpha value is -3.54. The second-order valence-electron chi connectivity index (χ2n) is 6.56. The highest BCUT2D eigenvalue weighted by Crippen LogP contribution is 2.40. The minimum atomic E-state index is -4.43. The van der Waals surface area contributed by atoms with Crippen LogP contribution in [0.2, 0.25) is 0 Å². The molecule has 0 aliphatic heterocycles. The number of ketones is 1. The maximum absolute atomic E-state index is 13.1. The summed E-state index contributed by atoms with van der Waals surface area (Å²) < 4.78 is 44.0. The highest BCUT2D eigenvalue weighted by Gasteiger charge is 2.33. The topological polar surface area (TPSA) is 38.3 Å². The average molecular weight is 395 g/mol. The van der Waals surface area contributed by atoms with Gasteiger partial charge in [0.05, 0.1) is 23.9 Å². The predicted octanol–water partition coefficient (Wildman–Crippen LogP) is 5.89. The molecule has 3 aromatic rings. The van der Waals surface area contributed by atoms with Crippen molar-refractivity contribution in [2.45, 2.75) is 6.18 Å². The summed E-state index contributed by atoms with van der Waals surface area (Å²) in [5, 5.41) is 3.25. The Labute approximate surface area is 165 Å². The van der Waals surface area contributed by atoms with Crippen LogP contribution in [0.3, 0.4) is 0 Å². The average Bonchev–Trinajstić information content (AvgIpc) is 2.99. The molecule has 0 unspecified atom stereocenters. The number of rotatable bonds is 4. The lowest BCUT2D eigenvalue weighted by molar-refractivity contribution is -0.137. The van der Waals surface area contributed by atoms with Crippen molar-refractivity contribution in [2.75, 3.05) is 12.4 Å². The van der Waals surface area contributed by atoms with E-state index in [-0.39, 0.29) is 5.78 Å². The molecular formula is C23H16F3NO2. The summed E-state index contributed by atoms with van der Waals surface area (Å²) in [7, 11) is 1.56. The number of fused-ring (bicyclic) bond motifs is 1. The van der Waals surface area contributed by atoms with E-state index in [1.54, 1.807) is 31.4 Å². The summed E-state index contributed by atoms with van der Waals surface area (Å²) in [6, 6.07) is 18.9. The molecule has 1 aliphatic carbocycles. The molecule has 29 heavy (non-hydrogen) atoms. The molecule has 0 amide bonds. The van der Waals surface area contributed by atoms with Crippen LogP contribution >= 0.6 is 0 Å². The fourth-order valence-corrected chi connectivity index (χ4v) is 3.36. The second kappa shape index (κ2) is 7.13. The Bertz CT molecular complexity index is 1120. The van der Waals surface area contributed by atoms with Crippen molar-refractivity contribution in [3.05, 3.63) is 95.1 Å². The lowest BCUT2D eigenvalue weighted by atomic mass is 10.00. The Balaban J connectivity index is 1.83. The molecule has 0 saturated carbocycles. The zero-order valence-corrected chi connectivity index (χ0v) is 15.4. The number of benzene rings is 3. The number of carbonyl (C=O) groups excluding carboxylic acids is 1. The van der Waals surface area contributed by atoms with Gasteiger partial charge in [-0.2, -0.15) is 13.2 Å². The maximum Gasteiger partial charge on any atom is 0.416 e. The van der Waals surface area contributed by atoms with E-state index in [2.05, 4.69) is 5.32 Å². The first-order chi connectivity index (χ1) is 13.9. The lowest BCUT2D eigenvalue weighted by Gasteiger charge is -2.13. The third kappa shape index (κ3) is 3.49. The van der Waals surface area contributed by atoms with Crippen molar-refractivity contribution in [3.63, 3.8) is 0 Å². The van der Waals surface area contributed by atoms with Gasteiger partial charge in [-0.15, -0.1) is 0 Å². The molecule has 0 atom stereocenters. The number of halogens is 3. The third-order valence-electron chi connectivity index (χ3n) is 4.76. The fraction of sp³-hybridized carbons (Fsp3) is 0.0870. The molecule has 0 bridgehead atoms. The molecule has 146 valence electrons. The van der Waals surface area contributed by atoms with E-state index in [9.17, 15) is 18.0 Å². The number of nitrogens with one attached hydrogen (secondary N) is 1. The minimum absolute atomic E-state index is 0.231. The van der Waals surface area contributed by atoms with E-state index in [1.165, 1.54) is 12.1 Å². The van der Waals surface area contributed by atoms with E-state index in [4.69, 9.17) is 4.74 Å². The number of hydrogen-bond acceptors (Lipinski definition) is 3. The quantitative estimate of drug-likeness (QED) is 0.599. The van der Waals surface area contributed by atoms with Crippen LogP contribution in [-0.2, 0) is 6.18 Å². The van der Waals surface area contributed by atoms with E-state index >= 15 is 0 Å². The van der Waals surface area contributed by atoms with E-state index in [0.717, 1.165) is 12.1 Å². The zero-order valence-electron chi connectivity index (χ0n) is 15.4. The van der Waals surface area contributed by atoms with Gasteiger partial charge in [0, 0.05) is 22.9 Å². The molecule has 0 spiro atoms. The Morgan fingerprint density at radius 1 is 0.862 bits per heavy atom. The Morgan fingerprint density at radius 2 is 1.55 bits per heavy atom. The molecular weight excluding hydrogens is 379 g/mol. The highest BCUT2D eigenvalue weighted by atomic mass is 19.4. The SMILES string of the molecule is COc1cccc(NC2=C(c3ccc(C(F)(F)F)cc3)C(=O)c3ccccc32)c1. The molecule has 0 heterocycles. The van der Waals surface area contributed by atoms with Gasteiger partial charge in [-0.1, -0.05) is 42.5 Å². The lowest BCUT2D eigenvalue weighted by Crippen LogP contribution is -2.06. The van der Waals surface area contributed by atoms with Crippen molar-refractivity contribution >= 4 is 22.7 Å². The molecule has 0 aromatic heterocycles. The number of carbonyl (C=O) groups is 1. The zero-order chi connectivity index (χ0) is 20.6. The van der Waals surface area contributed by atoms with E-state index < -0.39 is 11.7 Å². The monoisotopic (exact) mass is 395 g/mol. The summed E-state index contributed by atoms with van der Waals surface area (Å²) >= 11 is 0. The van der Waals surface area contributed by atoms with Gasteiger partial charge in [-0.05, 0) is 29.8 Å². The third-order valence-corrected chi connectivity index (χ3v) is 4.76. The van der Waals surface area contributed by atoms with Crippen LogP contribution < -0.4 is 10.1 Å². The number of hydrogen-bond donors (Lipinski definition) is 1. The van der Waals surface area contributed by atoms with Crippen LogP contribution in [-0.4, -0.2) is 12.9 Å². The Kier molecular flexibility index (Phi) is 4.62. The second-order valence-corrected chi connectivity index (χ2v) is 6.56. The van der Waals surface area contributed by atoms with Crippen molar-refractivity contribution in [1.82, 2.24) is 0 Å². The Morgan fingerprint density at radius 3 is 2.21 bits per heavy atom. The smallest absolute Gasteiger partial charge is 0.416 e. The summed E-state index contributed by atoms with van der Waals surface area (Å²) in [5.74, 6) is 0.412. The first kappa shape index (κ1) is 18.8. The van der Waals surface area contributed by atoms with Crippen molar-refractivity contribution < 1.29 is 22.7 Å². The van der Waals surface area contributed by atoms with E-state index in [0.29, 0.717) is 39.4 Å². The van der Waals surface area contributed by atoms with Crippen molar-refractivity contribution in [3.8, 4) is 5.75 Å². The number of Topliss-reactive ketones (excluding diaryl/α,β-unsaturated/α-hetero) is 1. The normalized spacial score (nSPS) is 13.4. The molecule has 0 saturated heterocycles. The molecule has 4 rings (SSSR count). The number of methoxy groups -OCH3 is 1. The van der Waals surface area contributed by atoms with Gasteiger partial charge in [0.2, 0.25) is 0 Å². The van der Waals surface area contributed by atoms with Crippen LogP contribution in [0.25, 0.3) is 11.3 Å². The van der Waals surface area contributed by atoms with Crippen LogP contribution in [0.15, 0.2) is 72.8 Å². The van der Waals surface area contributed by atoms with Gasteiger partial charge in [0.15, 0.2) is 5.78 Å². The van der Waals surface area contributed by atoms with Crippen LogP contribution in [0.5, 0.6) is 5.75 Å². The first-order valence-corrected chi connectivity index (χ1v) is 8.85. The summed E-state index contributed by atoms with van der Waals surface area (Å²) in [5.41, 5.74) is 2.47. The highest BCUT2D eigenvalue weighted by molar-refractivity contribution is 6.40. The van der Waals surface area contributed by atoms with Crippen LogP contribution in [0, 0.1) is 0 Å². The number of alkyl halides is 3. The number of anilines is 1. The summed E-state index contributed by atoms with van der Waals surface area (Å²) in [6.07, 6.45) is -4.43. The number of allylic oxidation sites excluding steroid dienone is 1. The molecule has 1 N–H and O–H groups in total. The van der Waals surface area contributed by atoms with Crippen LogP contribution in [0.1, 0.15) is 27.0 Å². The molecule has 0 fully saturated rings. The largest absolute Gasteiger partial charge is 0.497 e. The van der Waals surface area contributed by atoms with Gasteiger partial charge < -0.3 is 10.1 Å². The van der Waals surface area contributed by atoms with Gasteiger partial charge >= 0.3 is 6.18 Å². The van der Waals surface area contributed by atoms with Crippen molar-refractivity contribution in [2.24, 2.45) is 0 Å². The van der Waals surface area contributed by atoms with Gasteiger partial charge in [-0.3, -0.25) is 4.79 Å². The summed E-state index contributed by atoms with van der Waals surface area (Å²) in [4.78, 5) is 13.1. The van der Waals surface area contributed by atoms with Crippen LogP contribution in [0.4, 0.5) is 18.9 Å². The molecule has 6 heteroatoms. The minimum Gasteiger partial charge on any atom is -0.497 e. The number of ether oxygens (including phenoxy) is 1.